The topological polar surface area (TPSA) is 12.0 Å². The number of hydrogen-bond acceptors (Lipinski definition) is 2. The summed E-state index contributed by atoms with van der Waals surface area (Å²) >= 11 is 1.84. The predicted octanol–water partition coefficient (Wildman–Crippen LogP) is 3.93. The van der Waals surface area contributed by atoms with E-state index in [1.807, 2.05) is 11.3 Å². The van der Waals surface area contributed by atoms with Crippen molar-refractivity contribution in [2.45, 2.75) is 39.7 Å². The Morgan fingerprint density at radius 1 is 1.53 bits per heavy atom. The molecule has 1 N–H and O–H groups in total. The highest BCUT2D eigenvalue weighted by atomic mass is 32.1. The molecule has 0 aromatic carbocycles. The van der Waals surface area contributed by atoms with E-state index in [1.54, 1.807) is 0 Å². The fourth-order valence-electron chi connectivity index (χ4n) is 1.67. The zero-order valence-corrected chi connectivity index (χ0v) is 10.8. The van der Waals surface area contributed by atoms with Crippen molar-refractivity contribution in [1.29, 1.82) is 0 Å². The zero-order chi connectivity index (χ0) is 11.3. The van der Waals surface area contributed by atoms with Crippen LogP contribution in [0.5, 0.6) is 0 Å². The lowest BCUT2D eigenvalue weighted by atomic mass is 10.0. The van der Waals surface area contributed by atoms with Crippen molar-refractivity contribution in [3.63, 3.8) is 0 Å². The van der Waals surface area contributed by atoms with Gasteiger partial charge in [0.25, 0.3) is 0 Å². The molecular formula is C13H21NS. The van der Waals surface area contributed by atoms with Crippen LogP contribution in [0.25, 0.3) is 0 Å². The molecule has 0 aliphatic heterocycles. The van der Waals surface area contributed by atoms with Gasteiger partial charge in [0.15, 0.2) is 0 Å². The third-order valence-corrected chi connectivity index (χ3v) is 3.54. The molecule has 1 nitrogen and oxygen atoms in total. The monoisotopic (exact) mass is 223 g/mol. The highest BCUT2D eigenvalue weighted by Gasteiger charge is 2.15. The molecule has 1 heterocycles. The molecule has 1 atom stereocenters. The molecule has 84 valence electrons. The second-order valence-corrected chi connectivity index (χ2v) is 4.84. The first kappa shape index (κ1) is 12.5. The maximum atomic E-state index is 4.08. The van der Waals surface area contributed by atoms with Gasteiger partial charge in [-0.15, -0.1) is 11.3 Å². The highest BCUT2D eigenvalue weighted by Crippen LogP contribution is 2.29. The van der Waals surface area contributed by atoms with E-state index in [4.69, 9.17) is 0 Å². The van der Waals surface area contributed by atoms with E-state index < -0.39 is 0 Å². The van der Waals surface area contributed by atoms with Gasteiger partial charge in [0, 0.05) is 4.88 Å². The fraction of sp³-hybridized carbons (Fsp3) is 0.538. The van der Waals surface area contributed by atoms with Gasteiger partial charge in [0.1, 0.15) is 0 Å². The van der Waals surface area contributed by atoms with Crippen LogP contribution in [0.15, 0.2) is 23.6 Å². The molecule has 1 aromatic heterocycles. The number of nitrogens with one attached hydrogen (secondary N) is 1. The van der Waals surface area contributed by atoms with Crippen LogP contribution in [0.3, 0.4) is 0 Å². The first-order valence-corrected chi connectivity index (χ1v) is 6.53. The van der Waals surface area contributed by atoms with Crippen LogP contribution in [0, 0.1) is 0 Å². The van der Waals surface area contributed by atoms with Crippen molar-refractivity contribution in [2.75, 3.05) is 6.54 Å². The number of rotatable bonds is 6. The van der Waals surface area contributed by atoms with E-state index in [1.165, 1.54) is 16.0 Å². The molecule has 0 bridgehead atoms. The second-order valence-electron chi connectivity index (χ2n) is 3.90. The Labute approximate surface area is 97.2 Å². The van der Waals surface area contributed by atoms with Crippen LogP contribution >= 0.6 is 11.3 Å². The van der Waals surface area contributed by atoms with Crippen LogP contribution in [0.2, 0.25) is 0 Å². The van der Waals surface area contributed by atoms with Crippen molar-refractivity contribution >= 4 is 11.3 Å². The molecule has 15 heavy (non-hydrogen) atoms. The quantitative estimate of drug-likeness (QED) is 0.721. The van der Waals surface area contributed by atoms with Gasteiger partial charge in [0.05, 0.1) is 6.04 Å². The molecule has 2 heteroatoms. The normalized spacial score (nSPS) is 12.7. The summed E-state index contributed by atoms with van der Waals surface area (Å²) in [6.45, 7) is 11.6. The molecule has 0 radical (unpaired) electrons. The van der Waals surface area contributed by atoms with E-state index >= 15 is 0 Å². The van der Waals surface area contributed by atoms with Gasteiger partial charge >= 0.3 is 0 Å². The summed E-state index contributed by atoms with van der Waals surface area (Å²) in [4.78, 5) is 1.44. The number of hydrogen-bond donors (Lipinski definition) is 1. The van der Waals surface area contributed by atoms with E-state index in [2.05, 4.69) is 44.1 Å². The predicted molar refractivity (Wildman–Crippen MR) is 69.5 cm³/mol. The van der Waals surface area contributed by atoms with Gasteiger partial charge in [-0.1, -0.05) is 26.0 Å². The Kier molecular flexibility index (Phi) is 5.06. The van der Waals surface area contributed by atoms with E-state index in [0.29, 0.717) is 6.04 Å². The molecule has 0 saturated carbocycles. The maximum absolute atomic E-state index is 4.08. The molecule has 0 saturated heterocycles. The zero-order valence-electron chi connectivity index (χ0n) is 9.97. The Bertz CT molecular complexity index is 314. The number of aryl methyl sites for hydroxylation is 1. The SMILES string of the molecule is C=C(C)C(NCCC)c1sccc1CC. The molecule has 0 amide bonds. The van der Waals surface area contributed by atoms with Crippen molar-refractivity contribution in [2.24, 2.45) is 0 Å². The summed E-state index contributed by atoms with van der Waals surface area (Å²) in [6, 6.07) is 2.57. The minimum atomic E-state index is 0.347. The maximum Gasteiger partial charge on any atom is 0.0627 e. The minimum Gasteiger partial charge on any atom is -0.306 e. The lowest BCUT2D eigenvalue weighted by Crippen LogP contribution is -2.22. The van der Waals surface area contributed by atoms with E-state index in [0.717, 1.165) is 19.4 Å². The van der Waals surface area contributed by atoms with Gasteiger partial charge in [0.2, 0.25) is 0 Å². The largest absolute Gasteiger partial charge is 0.306 e. The standard InChI is InChI=1S/C13H21NS/c1-5-8-14-12(10(3)4)13-11(6-2)7-9-15-13/h7,9,12,14H,3,5-6,8H2,1-2,4H3. The molecule has 1 unspecified atom stereocenters. The van der Waals surface area contributed by atoms with Crippen LogP contribution in [0.1, 0.15) is 43.7 Å². The molecule has 0 spiro atoms. The van der Waals surface area contributed by atoms with Gasteiger partial charge in [-0.25, -0.2) is 0 Å². The van der Waals surface area contributed by atoms with Crippen molar-refractivity contribution < 1.29 is 0 Å². The molecule has 0 fully saturated rings. The molecule has 0 aliphatic carbocycles. The summed E-state index contributed by atoms with van der Waals surface area (Å²) < 4.78 is 0. The first-order valence-electron chi connectivity index (χ1n) is 5.65. The molecular weight excluding hydrogens is 202 g/mol. The molecule has 1 aromatic rings. The Hall–Kier alpha value is -0.600. The van der Waals surface area contributed by atoms with Crippen LogP contribution in [-0.2, 0) is 6.42 Å². The Balaban J connectivity index is 2.83. The van der Waals surface area contributed by atoms with Gasteiger partial charge in [-0.3, -0.25) is 0 Å². The highest BCUT2D eigenvalue weighted by molar-refractivity contribution is 7.10. The lowest BCUT2D eigenvalue weighted by Gasteiger charge is -2.18. The average Bonchev–Trinajstić information content (AvgIpc) is 2.66. The number of thiophene rings is 1. The summed E-state index contributed by atoms with van der Waals surface area (Å²) in [6.07, 6.45) is 2.27. The summed E-state index contributed by atoms with van der Waals surface area (Å²) in [5.74, 6) is 0. The third kappa shape index (κ3) is 3.18. The average molecular weight is 223 g/mol. The second kappa shape index (κ2) is 6.09. The molecule has 0 aliphatic rings. The Morgan fingerprint density at radius 2 is 2.27 bits per heavy atom. The van der Waals surface area contributed by atoms with Gasteiger partial charge in [-0.05, 0) is 43.3 Å². The van der Waals surface area contributed by atoms with E-state index in [9.17, 15) is 0 Å². The van der Waals surface area contributed by atoms with Gasteiger partial charge in [-0.2, -0.15) is 0 Å². The van der Waals surface area contributed by atoms with Crippen LogP contribution < -0.4 is 5.32 Å². The third-order valence-electron chi connectivity index (χ3n) is 2.52. The Morgan fingerprint density at radius 3 is 2.80 bits per heavy atom. The summed E-state index contributed by atoms with van der Waals surface area (Å²) in [7, 11) is 0. The van der Waals surface area contributed by atoms with Crippen LogP contribution in [0.4, 0.5) is 0 Å². The van der Waals surface area contributed by atoms with E-state index in [-0.39, 0.29) is 0 Å². The smallest absolute Gasteiger partial charge is 0.0627 e. The lowest BCUT2D eigenvalue weighted by molar-refractivity contribution is 0.595. The van der Waals surface area contributed by atoms with Gasteiger partial charge < -0.3 is 5.32 Å². The summed E-state index contributed by atoms with van der Waals surface area (Å²) in [5, 5.41) is 5.74. The van der Waals surface area contributed by atoms with Crippen molar-refractivity contribution in [3.8, 4) is 0 Å². The van der Waals surface area contributed by atoms with Crippen molar-refractivity contribution in [3.05, 3.63) is 34.0 Å². The van der Waals surface area contributed by atoms with Crippen LogP contribution in [-0.4, -0.2) is 6.54 Å². The van der Waals surface area contributed by atoms with Crippen molar-refractivity contribution in [1.82, 2.24) is 5.32 Å². The minimum absolute atomic E-state index is 0.347. The summed E-state index contributed by atoms with van der Waals surface area (Å²) in [5.41, 5.74) is 2.66. The molecule has 1 rings (SSSR count). The fourth-order valence-corrected chi connectivity index (χ4v) is 2.84. The first-order chi connectivity index (χ1) is 7.20.